The Hall–Kier alpha value is -4.34. The van der Waals surface area contributed by atoms with Crippen LogP contribution < -0.4 is 33.9 Å². The van der Waals surface area contributed by atoms with Crippen LogP contribution in [0, 0.1) is 0 Å². The Morgan fingerprint density at radius 3 is 2.08 bits per heavy atom. The number of ether oxygens (including phenoxy) is 5. The largest absolute Gasteiger partial charge is 0.497 e. The van der Waals surface area contributed by atoms with Gasteiger partial charge in [0.15, 0.2) is 17.3 Å². The fraction of sp³-hybridized carbons (Fsp3) is 0.379. The molecular weight excluding hydrogens is 504 g/mol. The van der Waals surface area contributed by atoms with E-state index >= 15 is 0 Å². The molecule has 0 spiro atoms. The van der Waals surface area contributed by atoms with E-state index in [4.69, 9.17) is 28.1 Å². The number of carbonyl (C=O) groups excluding carboxylic acids is 2. The molecule has 10 nitrogen and oxygen atoms in total. The number of rotatable bonds is 11. The molecule has 4 rings (SSSR count). The van der Waals surface area contributed by atoms with Gasteiger partial charge in [0, 0.05) is 12.1 Å². The molecule has 1 atom stereocenters. The molecule has 2 amide bonds. The van der Waals surface area contributed by atoms with Crippen LogP contribution in [-0.2, 0) is 4.79 Å². The van der Waals surface area contributed by atoms with Crippen molar-refractivity contribution >= 4 is 17.5 Å². The van der Waals surface area contributed by atoms with Gasteiger partial charge in [-0.25, -0.2) is 0 Å². The molecule has 10 heteroatoms. The third-order valence-electron chi connectivity index (χ3n) is 6.81. The molecule has 1 aromatic heterocycles. The van der Waals surface area contributed by atoms with Crippen LogP contribution in [0.4, 0.5) is 5.69 Å². The Balaban J connectivity index is 1.97. The van der Waals surface area contributed by atoms with Crippen molar-refractivity contribution in [1.82, 2.24) is 5.32 Å². The lowest BCUT2D eigenvalue weighted by atomic mass is 10.00. The minimum atomic E-state index is -1.17. The maximum atomic E-state index is 14.2. The van der Waals surface area contributed by atoms with Gasteiger partial charge < -0.3 is 33.4 Å². The highest BCUT2D eigenvalue weighted by molar-refractivity contribution is 6.09. The molecule has 1 aliphatic carbocycles. The maximum Gasteiger partial charge on any atom is 0.295 e. The molecule has 208 valence electrons. The number of hydrogen-bond donors (Lipinski definition) is 1. The first kappa shape index (κ1) is 27.7. The summed E-state index contributed by atoms with van der Waals surface area (Å²) in [5, 5.41) is 3.15. The van der Waals surface area contributed by atoms with Gasteiger partial charge in [0.05, 0.1) is 47.5 Å². The summed E-state index contributed by atoms with van der Waals surface area (Å²) >= 11 is 0. The van der Waals surface area contributed by atoms with Crippen LogP contribution >= 0.6 is 0 Å². The molecule has 2 aromatic carbocycles. The lowest BCUT2D eigenvalue weighted by Gasteiger charge is -2.33. The summed E-state index contributed by atoms with van der Waals surface area (Å²) in [6.07, 6.45) is 5.18. The summed E-state index contributed by atoms with van der Waals surface area (Å²) in [5.41, 5.74) is 0.753. The van der Waals surface area contributed by atoms with Crippen molar-refractivity contribution in [3.05, 3.63) is 60.1 Å². The van der Waals surface area contributed by atoms with E-state index in [2.05, 4.69) is 5.32 Å². The van der Waals surface area contributed by atoms with E-state index in [1.807, 2.05) is 0 Å². The Bertz CT molecular complexity index is 1260. The van der Waals surface area contributed by atoms with Crippen LogP contribution in [0.5, 0.6) is 28.7 Å². The minimum Gasteiger partial charge on any atom is -0.497 e. The van der Waals surface area contributed by atoms with Gasteiger partial charge in [0.1, 0.15) is 17.5 Å². The highest BCUT2D eigenvalue weighted by atomic mass is 16.5. The van der Waals surface area contributed by atoms with Crippen molar-refractivity contribution < 1.29 is 37.7 Å². The SMILES string of the molecule is COc1ccc(OC)c(N(C(=O)c2ccco2)C(C(=O)NC2CCCC2)c2cc(OC)c(OC)c(OC)c2)c1. The second-order valence-corrected chi connectivity index (χ2v) is 9.04. The molecule has 1 saturated carbocycles. The normalized spacial score (nSPS) is 13.9. The summed E-state index contributed by atoms with van der Waals surface area (Å²) in [7, 11) is 7.50. The highest BCUT2D eigenvalue weighted by Crippen LogP contribution is 2.44. The average molecular weight is 539 g/mol. The van der Waals surface area contributed by atoms with Crippen LogP contribution in [-0.4, -0.2) is 53.4 Å². The zero-order valence-corrected chi connectivity index (χ0v) is 22.8. The van der Waals surface area contributed by atoms with Gasteiger partial charge in [-0.15, -0.1) is 0 Å². The van der Waals surface area contributed by atoms with Crippen LogP contribution in [0.2, 0.25) is 0 Å². The lowest BCUT2D eigenvalue weighted by Crippen LogP contribution is -2.46. The molecule has 0 bridgehead atoms. The zero-order chi connectivity index (χ0) is 27.9. The Morgan fingerprint density at radius 2 is 1.54 bits per heavy atom. The number of nitrogens with zero attached hydrogens (tertiary/aromatic N) is 1. The Labute approximate surface area is 227 Å². The van der Waals surface area contributed by atoms with E-state index in [-0.39, 0.29) is 17.7 Å². The number of methoxy groups -OCH3 is 5. The summed E-state index contributed by atoms with van der Waals surface area (Å²) in [6.45, 7) is 0. The highest BCUT2D eigenvalue weighted by Gasteiger charge is 2.38. The zero-order valence-electron chi connectivity index (χ0n) is 22.8. The predicted octanol–water partition coefficient (Wildman–Crippen LogP) is 4.77. The lowest BCUT2D eigenvalue weighted by molar-refractivity contribution is -0.123. The first-order valence-electron chi connectivity index (χ1n) is 12.6. The third-order valence-corrected chi connectivity index (χ3v) is 6.81. The number of carbonyl (C=O) groups is 2. The fourth-order valence-corrected chi connectivity index (χ4v) is 4.90. The monoisotopic (exact) mass is 538 g/mol. The smallest absolute Gasteiger partial charge is 0.295 e. The van der Waals surface area contributed by atoms with Crippen molar-refractivity contribution in [3.63, 3.8) is 0 Å². The molecule has 1 fully saturated rings. The molecule has 0 radical (unpaired) electrons. The number of furan rings is 1. The second-order valence-electron chi connectivity index (χ2n) is 9.04. The first-order chi connectivity index (χ1) is 18.9. The standard InChI is InChI=1S/C29H34N2O8/c1-34-20-12-13-22(35-2)21(17-20)31(29(33)23-11-8-14-39-23)26(28(32)30-19-9-6-7-10-19)18-15-24(36-3)27(38-5)25(16-18)37-4/h8,11-17,19,26H,6-7,9-10H2,1-5H3,(H,30,32). The molecule has 1 N–H and O–H groups in total. The molecule has 0 saturated heterocycles. The number of anilines is 1. The van der Waals surface area contributed by atoms with Gasteiger partial charge in [-0.3, -0.25) is 14.5 Å². The van der Waals surface area contributed by atoms with Crippen LogP contribution in [0.3, 0.4) is 0 Å². The van der Waals surface area contributed by atoms with E-state index in [0.29, 0.717) is 40.0 Å². The maximum absolute atomic E-state index is 14.2. The first-order valence-corrected chi connectivity index (χ1v) is 12.6. The van der Waals surface area contributed by atoms with Gasteiger partial charge in [-0.05, 0) is 54.8 Å². The summed E-state index contributed by atoms with van der Waals surface area (Å²) in [5.74, 6) is 1.01. The minimum absolute atomic E-state index is 0.00481. The summed E-state index contributed by atoms with van der Waals surface area (Å²) in [6, 6.07) is 10.3. The second kappa shape index (κ2) is 12.5. The molecule has 0 aliphatic heterocycles. The van der Waals surface area contributed by atoms with E-state index in [9.17, 15) is 9.59 Å². The number of hydrogen-bond acceptors (Lipinski definition) is 8. The van der Waals surface area contributed by atoms with Gasteiger partial charge in [-0.1, -0.05) is 12.8 Å². The molecule has 39 heavy (non-hydrogen) atoms. The van der Waals surface area contributed by atoms with Crippen molar-refractivity contribution in [3.8, 4) is 28.7 Å². The van der Waals surface area contributed by atoms with Gasteiger partial charge in [0.2, 0.25) is 11.7 Å². The van der Waals surface area contributed by atoms with Gasteiger partial charge in [0.25, 0.3) is 5.91 Å². The van der Waals surface area contributed by atoms with Crippen molar-refractivity contribution in [2.24, 2.45) is 0 Å². The molecular formula is C29H34N2O8. The Morgan fingerprint density at radius 1 is 0.872 bits per heavy atom. The van der Waals surface area contributed by atoms with Crippen molar-refractivity contribution in [1.29, 1.82) is 0 Å². The molecule has 1 aliphatic rings. The molecule has 1 unspecified atom stereocenters. The number of amides is 2. The van der Waals surface area contributed by atoms with Crippen LogP contribution in [0.25, 0.3) is 0 Å². The molecule has 1 heterocycles. The van der Waals surface area contributed by atoms with Crippen molar-refractivity contribution in [2.45, 2.75) is 37.8 Å². The summed E-state index contributed by atoms with van der Waals surface area (Å²) in [4.78, 5) is 29.7. The van der Waals surface area contributed by atoms with E-state index in [1.54, 1.807) is 42.5 Å². The van der Waals surface area contributed by atoms with Crippen LogP contribution in [0.15, 0.2) is 53.1 Å². The van der Waals surface area contributed by atoms with E-state index in [0.717, 1.165) is 25.7 Å². The Kier molecular flexibility index (Phi) is 8.85. The quantitative estimate of drug-likeness (QED) is 0.372. The third kappa shape index (κ3) is 5.74. The van der Waals surface area contributed by atoms with Crippen molar-refractivity contribution in [2.75, 3.05) is 40.4 Å². The van der Waals surface area contributed by atoms with E-state index < -0.39 is 11.9 Å². The van der Waals surface area contributed by atoms with Crippen LogP contribution in [0.1, 0.15) is 47.8 Å². The number of benzene rings is 2. The van der Waals surface area contributed by atoms with E-state index in [1.165, 1.54) is 46.7 Å². The fourth-order valence-electron chi connectivity index (χ4n) is 4.90. The number of nitrogens with one attached hydrogen (secondary N) is 1. The average Bonchev–Trinajstić information content (AvgIpc) is 3.69. The van der Waals surface area contributed by atoms with Gasteiger partial charge >= 0.3 is 0 Å². The topological polar surface area (TPSA) is 109 Å². The summed E-state index contributed by atoms with van der Waals surface area (Å²) < 4.78 is 33.2. The van der Waals surface area contributed by atoms with Gasteiger partial charge in [-0.2, -0.15) is 0 Å². The predicted molar refractivity (Wildman–Crippen MR) is 144 cm³/mol. The molecule has 3 aromatic rings.